The first-order valence-electron chi connectivity index (χ1n) is 4.41. The Hall–Kier alpha value is -0.0900. The van der Waals surface area contributed by atoms with Crippen LogP contribution in [0.1, 0.15) is 39.5 Å². The molecule has 0 aromatic carbocycles. The van der Waals surface area contributed by atoms with Crippen LogP contribution in [0.5, 0.6) is 0 Å². The van der Waals surface area contributed by atoms with Crippen LogP contribution in [0.4, 0.5) is 0 Å². The van der Waals surface area contributed by atoms with Crippen LogP contribution in [-0.2, 0) is 10.1 Å². The van der Waals surface area contributed by atoms with Crippen molar-refractivity contribution in [1.82, 2.24) is 0 Å². The van der Waals surface area contributed by atoms with E-state index in [0.29, 0.717) is 12.3 Å². The van der Waals surface area contributed by atoms with E-state index in [2.05, 4.69) is 6.92 Å². The molecule has 3 nitrogen and oxygen atoms in total. The third kappa shape index (κ3) is 8.01. The Morgan fingerprint density at radius 3 is 2.33 bits per heavy atom. The minimum Gasteiger partial charge on any atom is -0.286 e. The van der Waals surface area contributed by atoms with E-state index in [4.69, 9.17) is 4.55 Å². The van der Waals surface area contributed by atoms with Gasteiger partial charge < -0.3 is 0 Å². The maximum Gasteiger partial charge on any atom is 0.264 e. The molecule has 1 unspecified atom stereocenters. The minimum absolute atomic E-state index is 0.0993. The topological polar surface area (TPSA) is 54.4 Å². The highest BCUT2D eigenvalue weighted by Crippen LogP contribution is 2.12. The summed E-state index contributed by atoms with van der Waals surface area (Å²) in [6, 6.07) is 0. The summed E-state index contributed by atoms with van der Waals surface area (Å²) < 4.78 is 29.2. The zero-order valence-corrected chi connectivity index (χ0v) is 8.60. The largest absolute Gasteiger partial charge is 0.286 e. The van der Waals surface area contributed by atoms with Crippen molar-refractivity contribution in [3.63, 3.8) is 0 Å². The van der Waals surface area contributed by atoms with Gasteiger partial charge in [-0.1, -0.05) is 33.1 Å². The van der Waals surface area contributed by atoms with Gasteiger partial charge in [0.05, 0.1) is 5.75 Å². The van der Waals surface area contributed by atoms with E-state index in [9.17, 15) is 8.42 Å². The molecule has 0 aromatic rings. The van der Waals surface area contributed by atoms with Gasteiger partial charge in [0.25, 0.3) is 10.1 Å². The summed E-state index contributed by atoms with van der Waals surface area (Å²) in [5.41, 5.74) is 0. The molecule has 0 amide bonds. The number of hydrogen-bond donors (Lipinski definition) is 1. The Morgan fingerprint density at radius 1 is 1.33 bits per heavy atom. The van der Waals surface area contributed by atoms with E-state index in [0.717, 1.165) is 19.3 Å². The number of rotatable bonds is 6. The van der Waals surface area contributed by atoms with Crippen LogP contribution in [0.2, 0.25) is 0 Å². The fourth-order valence-electron chi connectivity index (χ4n) is 1.05. The van der Waals surface area contributed by atoms with E-state index in [1.807, 2.05) is 6.92 Å². The van der Waals surface area contributed by atoms with Gasteiger partial charge in [-0.05, 0) is 12.3 Å². The molecule has 1 N–H and O–H groups in total. The van der Waals surface area contributed by atoms with Crippen LogP contribution in [0.3, 0.4) is 0 Å². The predicted molar refractivity (Wildman–Crippen MR) is 49.7 cm³/mol. The van der Waals surface area contributed by atoms with Gasteiger partial charge in [-0.2, -0.15) is 8.42 Å². The first-order valence-corrected chi connectivity index (χ1v) is 6.01. The van der Waals surface area contributed by atoms with Crippen LogP contribution in [0.15, 0.2) is 0 Å². The van der Waals surface area contributed by atoms with Gasteiger partial charge in [0.2, 0.25) is 0 Å². The second-order valence-corrected chi connectivity index (χ2v) is 4.89. The summed E-state index contributed by atoms with van der Waals surface area (Å²) in [6.45, 7) is 4.12. The Kier molecular flexibility index (Phi) is 5.50. The van der Waals surface area contributed by atoms with Crippen molar-refractivity contribution in [1.29, 1.82) is 0 Å². The molecule has 0 aliphatic carbocycles. The van der Waals surface area contributed by atoms with Gasteiger partial charge in [-0.25, -0.2) is 0 Å². The van der Waals surface area contributed by atoms with Crippen LogP contribution in [0.25, 0.3) is 0 Å². The van der Waals surface area contributed by atoms with Crippen molar-refractivity contribution in [2.45, 2.75) is 39.5 Å². The van der Waals surface area contributed by atoms with E-state index in [-0.39, 0.29) is 5.75 Å². The lowest BCUT2D eigenvalue weighted by molar-refractivity contribution is 0.455. The Bertz CT molecular complexity index is 196. The monoisotopic (exact) mass is 194 g/mol. The lowest BCUT2D eigenvalue weighted by Crippen LogP contribution is -2.08. The molecular formula is C8H18O3S. The molecule has 0 radical (unpaired) electrons. The van der Waals surface area contributed by atoms with Crippen LogP contribution in [0, 0.1) is 5.92 Å². The Morgan fingerprint density at radius 2 is 1.92 bits per heavy atom. The molecule has 0 aliphatic heterocycles. The maximum atomic E-state index is 10.4. The summed E-state index contributed by atoms with van der Waals surface area (Å²) in [5, 5.41) is 0. The number of hydrogen-bond acceptors (Lipinski definition) is 2. The SMILES string of the molecule is CCCCC(C)CCS(=O)(=O)O. The summed E-state index contributed by atoms with van der Waals surface area (Å²) in [7, 11) is -3.74. The molecule has 0 bridgehead atoms. The standard InChI is InChI=1S/C8H18O3S/c1-3-4-5-8(2)6-7-12(9,10)11/h8H,3-7H2,1-2H3,(H,9,10,11). The van der Waals surface area contributed by atoms with Crippen LogP contribution >= 0.6 is 0 Å². The molecule has 0 aromatic heterocycles. The van der Waals surface area contributed by atoms with E-state index in [1.54, 1.807) is 0 Å². The van der Waals surface area contributed by atoms with E-state index >= 15 is 0 Å². The normalized spacial score (nSPS) is 14.6. The van der Waals surface area contributed by atoms with Crippen molar-refractivity contribution in [2.24, 2.45) is 5.92 Å². The molecule has 1 atom stereocenters. The Labute approximate surface area is 74.9 Å². The van der Waals surface area contributed by atoms with Crippen molar-refractivity contribution in [3.05, 3.63) is 0 Å². The third-order valence-corrected chi connectivity index (χ3v) is 2.67. The van der Waals surface area contributed by atoms with Gasteiger partial charge >= 0.3 is 0 Å². The average Bonchev–Trinajstić information content (AvgIpc) is 1.95. The van der Waals surface area contributed by atoms with Gasteiger partial charge in [0.1, 0.15) is 0 Å². The molecule has 4 heteroatoms. The van der Waals surface area contributed by atoms with Gasteiger partial charge in [0, 0.05) is 0 Å². The average molecular weight is 194 g/mol. The van der Waals surface area contributed by atoms with Crippen LogP contribution < -0.4 is 0 Å². The molecule has 0 spiro atoms. The van der Waals surface area contributed by atoms with Crippen molar-refractivity contribution >= 4 is 10.1 Å². The van der Waals surface area contributed by atoms with Crippen LogP contribution in [-0.4, -0.2) is 18.7 Å². The highest BCUT2D eigenvalue weighted by atomic mass is 32.2. The fraction of sp³-hybridized carbons (Fsp3) is 1.00. The van der Waals surface area contributed by atoms with Crippen molar-refractivity contribution in [3.8, 4) is 0 Å². The highest BCUT2D eigenvalue weighted by molar-refractivity contribution is 7.85. The summed E-state index contributed by atoms with van der Waals surface area (Å²) in [6.07, 6.45) is 3.88. The second-order valence-electron chi connectivity index (χ2n) is 3.32. The molecular weight excluding hydrogens is 176 g/mol. The fourth-order valence-corrected chi connectivity index (χ4v) is 1.75. The summed E-state index contributed by atoms with van der Waals surface area (Å²) in [4.78, 5) is 0. The minimum atomic E-state index is -3.74. The molecule has 0 saturated carbocycles. The molecule has 0 heterocycles. The van der Waals surface area contributed by atoms with Gasteiger partial charge in [-0.15, -0.1) is 0 Å². The lowest BCUT2D eigenvalue weighted by Gasteiger charge is -2.08. The first-order chi connectivity index (χ1) is 5.45. The van der Waals surface area contributed by atoms with Gasteiger partial charge in [-0.3, -0.25) is 4.55 Å². The Balaban J connectivity index is 3.51. The smallest absolute Gasteiger partial charge is 0.264 e. The maximum absolute atomic E-state index is 10.4. The van der Waals surface area contributed by atoms with Gasteiger partial charge in [0.15, 0.2) is 0 Å². The molecule has 0 saturated heterocycles. The predicted octanol–water partition coefficient (Wildman–Crippen LogP) is 2.09. The lowest BCUT2D eigenvalue weighted by atomic mass is 10.0. The van der Waals surface area contributed by atoms with Crippen molar-refractivity contribution in [2.75, 3.05) is 5.75 Å². The molecule has 0 rings (SSSR count). The van der Waals surface area contributed by atoms with E-state index in [1.165, 1.54) is 0 Å². The van der Waals surface area contributed by atoms with E-state index < -0.39 is 10.1 Å². The summed E-state index contributed by atoms with van der Waals surface area (Å²) in [5.74, 6) is 0.296. The highest BCUT2D eigenvalue weighted by Gasteiger charge is 2.08. The number of unbranched alkanes of at least 4 members (excludes halogenated alkanes) is 1. The molecule has 0 fully saturated rings. The zero-order valence-electron chi connectivity index (χ0n) is 7.78. The zero-order chi connectivity index (χ0) is 9.61. The summed E-state index contributed by atoms with van der Waals surface area (Å²) >= 11 is 0. The molecule has 12 heavy (non-hydrogen) atoms. The second kappa shape index (κ2) is 5.54. The van der Waals surface area contributed by atoms with Crippen molar-refractivity contribution < 1.29 is 13.0 Å². The third-order valence-electron chi connectivity index (χ3n) is 1.92. The molecule has 0 aliphatic rings. The molecule has 74 valence electrons. The first kappa shape index (κ1) is 11.9. The quantitative estimate of drug-likeness (QED) is 0.659.